The van der Waals surface area contributed by atoms with Crippen molar-refractivity contribution >= 4 is 24.1 Å². The summed E-state index contributed by atoms with van der Waals surface area (Å²) < 4.78 is 46.9. The van der Waals surface area contributed by atoms with Crippen LogP contribution in [0.4, 0.5) is 9.59 Å². The molecule has 0 aromatic rings. The van der Waals surface area contributed by atoms with Gasteiger partial charge in [-0.1, -0.05) is 74.1 Å². The Morgan fingerprint density at radius 3 is 1.57 bits per heavy atom. The lowest BCUT2D eigenvalue weighted by atomic mass is 9.51. The summed E-state index contributed by atoms with van der Waals surface area (Å²) in [6.45, 7) is 55.9. The van der Waals surface area contributed by atoms with Crippen LogP contribution in [0.15, 0.2) is 37.0 Å². The van der Waals surface area contributed by atoms with Crippen LogP contribution >= 0.6 is 0 Å². The van der Waals surface area contributed by atoms with Crippen molar-refractivity contribution in [1.82, 2.24) is 15.5 Å². The maximum atomic E-state index is 12.3. The quantitative estimate of drug-likeness (QED) is 0.0151. The molecule has 80 heavy (non-hydrogen) atoms. The maximum Gasteiger partial charge on any atom is 0.407 e. The van der Waals surface area contributed by atoms with E-state index in [2.05, 4.69) is 118 Å². The molecule has 2 saturated carbocycles. The Kier molecular flexibility index (Phi) is 34.7. The predicted octanol–water partition coefficient (Wildman–Crippen LogP) is 14.7. The van der Waals surface area contributed by atoms with Crippen molar-refractivity contribution in [3.8, 4) is 0 Å². The van der Waals surface area contributed by atoms with Crippen LogP contribution in [0.3, 0.4) is 0 Å². The number of esters is 2. The first-order valence-electron chi connectivity index (χ1n) is 30.5. The van der Waals surface area contributed by atoms with Gasteiger partial charge in [0.15, 0.2) is 0 Å². The summed E-state index contributed by atoms with van der Waals surface area (Å²) in [5.74, 6) is 1.33. The Morgan fingerprint density at radius 1 is 0.637 bits per heavy atom. The Labute approximate surface area is 488 Å². The average Bonchev–Trinajstić information content (AvgIpc) is 3.34. The minimum absolute atomic E-state index is 0.0418. The second-order valence-corrected chi connectivity index (χ2v) is 26.3. The normalized spacial score (nSPS) is 21.2. The van der Waals surface area contributed by atoms with Crippen LogP contribution in [0.25, 0.3) is 0 Å². The van der Waals surface area contributed by atoms with Crippen LogP contribution in [-0.2, 0) is 47.5 Å². The van der Waals surface area contributed by atoms with E-state index in [0.29, 0.717) is 61.6 Å². The molecule has 2 amide bonds. The Morgan fingerprint density at radius 2 is 1.10 bits per heavy atom. The molecular formula is C65H121N3O12. The number of alkyl carbamates (subject to hydrolysis) is 2. The van der Waals surface area contributed by atoms with E-state index in [9.17, 15) is 19.2 Å². The van der Waals surface area contributed by atoms with Crippen LogP contribution in [0, 0.1) is 34.5 Å². The molecule has 0 aliphatic heterocycles. The highest BCUT2D eigenvalue weighted by Gasteiger charge is 2.50. The highest BCUT2D eigenvalue weighted by atomic mass is 16.6. The summed E-state index contributed by atoms with van der Waals surface area (Å²) in [7, 11) is 2.06. The topological polar surface area (TPSA) is 169 Å². The SMILES string of the molecule is C=CC1CC(C)(CC(C)(C)OCCCN(C)C(C)(C)OCCC(C)(C)OC(=O)NCCOC(=O)C(=C)C)CCC1C1CC(C)(CC(C)(C)OCCCCC(C)C(C)OCCC(C)(C)OC(=O)NCCOC(=O)C(=C)C)C1.CC.CC. The summed E-state index contributed by atoms with van der Waals surface area (Å²) in [6, 6.07) is 0. The Bertz CT molecular complexity index is 1860. The van der Waals surface area contributed by atoms with E-state index in [4.69, 9.17) is 37.9 Å². The molecule has 0 radical (unpaired) electrons. The Hall–Kier alpha value is -3.50. The zero-order valence-corrected chi connectivity index (χ0v) is 55.0. The second-order valence-electron chi connectivity index (χ2n) is 26.3. The maximum absolute atomic E-state index is 12.3. The molecule has 0 spiro atoms. The molecule has 5 unspecified atom stereocenters. The number of unbranched alkanes of at least 4 members (excludes halogenated alkanes) is 1. The van der Waals surface area contributed by atoms with Gasteiger partial charge in [-0.05, 0) is 196 Å². The van der Waals surface area contributed by atoms with Crippen LogP contribution in [0.5, 0.6) is 0 Å². The summed E-state index contributed by atoms with van der Waals surface area (Å²) in [5.41, 5.74) is -1.31. The smallest absolute Gasteiger partial charge is 0.407 e. The van der Waals surface area contributed by atoms with Gasteiger partial charge < -0.3 is 48.5 Å². The fourth-order valence-corrected chi connectivity index (χ4v) is 11.3. The molecule has 15 heteroatoms. The number of nitrogens with zero attached hydrogens (tertiary/aromatic N) is 1. The van der Waals surface area contributed by atoms with Crippen molar-refractivity contribution in [2.24, 2.45) is 34.5 Å². The molecule has 2 N–H and O–H groups in total. The van der Waals surface area contributed by atoms with Crippen molar-refractivity contribution in [2.45, 2.75) is 256 Å². The van der Waals surface area contributed by atoms with E-state index in [1.165, 1.54) is 25.7 Å². The zero-order valence-electron chi connectivity index (χ0n) is 55.0. The molecule has 0 saturated heterocycles. The van der Waals surface area contributed by atoms with Gasteiger partial charge in [-0.3, -0.25) is 4.90 Å². The lowest BCUT2D eigenvalue weighted by Crippen LogP contribution is -2.47. The molecular weight excluding hydrogens is 1010 g/mol. The fourth-order valence-electron chi connectivity index (χ4n) is 11.3. The van der Waals surface area contributed by atoms with Gasteiger partial charge in [0.2, 0.25) is 0 Å². The number of rotatable bonds is 37. The molecule has 468 valence electrons. The molecule has 2 rings (SSSR count). The van der Waals surface area contributed by atoms with Crippen LogP contribution in [-0.4, -0.2) is 130 Å². The van der Waals surface area contributed by atoms with Crippen LogP contribution < -0.4 is 10.6 Å². The average molecular weight is 1140 g/mol. The predicted molar refractivity (Wildman–Crippen MR) is 326 cm³/mol. The first-order chi connectivity index (χ1) is 37.0. The summed E-state index contributed by atoms with van der Waals surface area (Å²) >= 11 is 0. The van der Waals surface area contributed by atoms with Gasteiger partial charge in [-0.2, -0.15) is 0 Å². The van der Waals surface area contributed by atoms with E-state index in [1.807, 2.05) is 55.4 Å². The lowest BCUT2D eigenvalue weighted by molar-refractivity contribution is -0.139. The highest BCUT2D eigenvalue weighted by molar-refractivity contribution is 5.87. The Balaban J connectivity index is 0.0000152. The molecule has 15 nitrogen and oxygen atoms in total. The third-order valence-electron chi connectivity index (χ3n) is 15.8. The largest absolute Gasteiger partial charge is 0.460 e. The van der Waals surface area contributed by atoms with Gasteiger partial charge in [0.1, 0.15) is 30.1 Å². The molecule has 0 aromatic carbocycles. The standard InChI is InChI=1S/C61H109N3O12.2C2H6/c1-21-48-39-60(18,42-57(12,13)73-34-24-32-64(20)59(16,17)74-36-29-56(10,11)76-54(68)63-31-38-71-52(66)45(4)5)27-26-50(48)49-40-61(19,41-49)43-58(14,15)72-33-23-22-25-46(6)47(7)69-35-28-55(8,9)75-53(67)62-30-37-70-51(65)44(2)3;2*1-2/h21,46-50H,1-2,4,22-43H2,3,5-20H3,(H,62,67)(H,63,68);2*1-2H3. The van der Waals surface area contributed by atoms with Crippen molar-refractivity contribution in [3.63, 3.8) is 0 Å². The number of carbonyl (C=O) groups excluding carboxylic acids is 4. The number of allylic oxidation sites excluding steroid dienone is 1. The van der Waals surface area contributed by atoms with Crippen molar-refractivity contribution in [1.29, 1.82) is 0 Å². The van der Waals surface area contributed by atoms with Gasteiger partial charge in [-0.25, -0.2) is 19.2 Å². The van der Waals surface area contributed by atoms with Gasteiger partial charge in [0.05, 0.1) is 43.6 Å². The van der Waals surface area contributed by atoms with Gasteiger partial charge >= 0.3 is 24.1 Å². The molecule has 2 fully saturated rings. The minimum atomic E-state index is -0.751. The molecule has 5 atom stereocenters. The molecule has 0 aromatic heterocycles. The molecule has 0 heterocycles. The fraction of sp³-hybridized carbons (Fsp3) is 0.846. The van der Waals surface area contributed by atoms with E-state index < -0.39 is 41.1 Å². The van der Waals surface area contributed by atoms with E-state index in [0.717, 1.165) is 64.0 Å². The van der Waals surface area contributed by atoms with Crippen LogP contribution in [0.2, 0.25) is 0 Å². The summed E-state index contributed by atoms with van der Waals surface area (Å²) in [5, 5.41) is 5.23. The number of nitrogens with one attached hydrogen (secondary N) is 2. The highest BCUT2D eigenvalue weighted by Crippen LogP contribution is 2.59. The van der Waals surface area contributed by atoms with Gasteiger partial charge in [0, 0.05) is 43.7 Å². The lowest BCUT2D eigenvalue weighted by Gasteiger charge is -2.55. The second kappa shape index (κ2) is 36.3. The van der Waals surface area contributed by atoms with Gasteiger partial charge in [0.25, 0.3) is 0 Å². The number of amides is 2. The third-order valence-corrected chi connectivity index (χ3v) is 15.8. The first kappa shape index (κ1) is 76.5. The minimum Gasteiger partial charge on any atom is -0.460 e. The molecule has 0 bridgehead atoms. The van der Waals surface area contributed by atoms with E-state index >= 15 is 0 Å². The van der Waals surface area contributed by atoms with Crippen molar-refractivity contribution in [2.75, 3.05) is 66.3 Å². The third kappa shape index (κ3) is 31.2. The monoisotopic (exact) mass is 1140 g/mol. The van der Waals surface area contributed by atoms with E-state index in [-0.39, 0.29) is 54.4 Å². The first-order valence-corrected chi connectivity index (χ1v) is 30.5. The van der Waals surface area contributed by atoms with Crippen molar-refractivity contribution in [3.05, 3.63) is 37.0 Å². The number of ether oxygens (including phenoxy) is 8. The summed E-state index contributed by atoms with van der Waals surface area (Å²) in [6.07, 6.45) is 14.5. The summed E-state index contributed by atoms with van der Waals surface area (Å²) in [4.78, 5) is 49.8. The zero-order chi connectivity index (χ0) is 61.8. The van der Waals surface area contributed by atoms with Crippen LogP contribution in [0.1, 0.15) is 222 Å². The number of hydrogen-bond donors (Lipinski definition) is 2. The molecule has 2 aliphatic carbocycles. The van der Waals surface area contributed by atoms with Gasteiger partial charge in [-0.15, -0.1) is 6.58 Å². The molecule has 2 aliphatic rings. The number of carbonyl (C=O) groups is 4. The van der Waals surface area contributed by atoms with Crippen molar-refractivity contribution < 1.29 is 57.1 Å². The van der Waals surface area contributed by atoms with E-state index in [1.54, 1.807) is 13.8 Å². The number of hydrogen-bond acceptors (Lipinski definition) is 13.